The van der Waals surface area contributed by atoms with Crippen LogP contribution >= 0.6 is 0 Å². The second kappa shape index (κ2) is 8.75. The normalized spacial score (nSPS) is 14.5. The van der Waals surface area contributed by atoms with Crippen LogP contribution in [0.25, 0.3) is 0 Å². The molecule has 1 fully saturated rings. The van der Waals surface area contributed by atoms with Crippen molar-refractivity contribution in [2.45, 2.75) is 0 Å². The SMILES string of the molecule is COc1cccc(OC)c1C(=O)Nc1ccc(C(=O)N2CCN(C)CC2)cc1. The van der Waals surface area contributed by atoms with E-state index in [2.05, 4.69) is 17.3 Å². The Labute approximate surface area is 164 Å². The van der Waals surface area contributed by atoms with Crippen LogP contribution in [0.4, 0.5) is 5.69 Å². The van der Waals surface area contributed by atoms with E-state index in [9.17, 15) is 9.59 Å². The van der Waals surface area contributed by atoms with E-state index < -0.39 is 0 Å². The Kier molecular flexibility index (Phi) is 6.16. The van der Waals surface area contributed by atoms with E-state index in [-0.39, 0.29) is 11.8 Å². The maximum atomic E-state index is 12.7. The number of likely N-dealkylation sites (N-methyl/N-ethyl adjacent to an activating group) is 1. The van der Waals surface area contributed by atoms with Crippen molar-refractivity contribution < 1.29 is 19.1 Å². The number of anilines is 1. The number of hydrogen-bond donors (Lipinski definition) is 1. The Morgan fingerprint density at radius 2 is 1.46 bits per heavy atom. The van der Waals surface area contributed by atoms with Gasteiger partial charge in [-0.1, -0.05) is 6.07 Å². The first-order valence-electron chi connectivity index (χ1n) is 9.13. The van der Waals surface area contributed by atoms with Gasteiger partial charge < -0.3 is 24.6 Å². The molecule has 0 bridgehead atoms. The first-order chi connectivity index (χ1) is 13.5. The third-order valence-electron chi connectivity index (χ3n) is 4.84. The Hall–Kier alpha value is -3.06. The maximum Gasteiger partial charge on any atom is 0.263 e. The van der Waals surface area contributed by atoms with E-state index in [0.717, 1.165) is 26.2 Å². The second-order valence-corrected chi connectivity index (χ2v) is 6.66. The van der Waals surface area contributed by atoms with Crippen LogP contribution in [0.2, 0.25) is 0 Å². The van der Waals surface area contributed by atoms with Crippen molar-refractivity contribution in [3.8, 4) is 11.5 Å². The molecule has 0 aliphatic carbocycles. The zero-order valence-electron chi connectivity index (χ0n) is 16.4. The lowest BCUT2D eigenvalue weighted by molar-refractivity contribution is 0.0664. The highest BCUT2D eigenvalue weighted by molar-refractivity contribution is 6.08. The summed E-state index contributed by atoms with van der Waals surface area (Å²) in [5.74, 6) is 0.530. The van der Waals surface area contributed by atoms with Gasteiger partial charge in [-0.15, -0.1) is 0 Å². The van der Waals surface area contributed by atoms with Crippen molar-refractivity contribution in [2.75, 3.05) is 52.8 Å². The highest BCUT2D eigenvalue weighted by Gasteiger charge is 2.21. The third kappa shape index (κ3) is 4.26. The number of nitrogens with zero attached hydrogens (tertiary/aromatic N) is 2. The molecule has 1 heterocycles. The largest absolute Gasteiger partial charge is 0.496 e. The van der Waals surface area contributed by atoms with Crippen LogP contribution in [0, 0.1) is 0 Å². The number of methoxy groups -OCH3 is 2. The number of piperazine rings is 1. The summed E-state index contributed by atoms with van der Waals surface area (Å²) in [7, 11) is 5.06. The van der Waals surface area contributed by atoms with Gasteiger partial charge in [-0.3, -0.25) is 9.59 Å². The fourth-order valence-electron chi connectivity index (χ4n) is 3.16. The summed E-state index contributed by atoms with van der Waals surface area (Å²) in [6.45, 7) is 3.20. The molecule has 7 nitrogen and oxygen atoms in total. The van der Waals surface area contributed by atoms with Crippen LogP contribution < -0.4 is 14.8 Å². The summed E-state index contributed by atoms with van der Waals surface area (Å²) in [4.78, 5) is 29.4. The van der Waals surface area contributed by atoms with Crippen molar-refractivity contribution in [3.05, 3.63) is 53.6 Å². The number of rotatable bonds is 5. The van der Waals surface area contributed by atoms with Gasteiger partial charge in [-0.05, 0) is 43.4 Å². The zero-order chi connectivity index (χ0) is 20.1. The minimum Gasteiger partial charge on any atom is -0.496 e. The van der Waals surface area contributed by atoms with Crippen LogP contribution in [0.5, 0.6) is 11.5 Å². The summed E-state index contributed by atoms with van der Waals surface area (Å²) >= 11 is 0. The minimum absolute atomic E-state index is 0.0115. The predicted molar refractivity (Wildman–Crippen MR) is 107 cm³/mol. The molecule has 0 unspecified atom stereocenters. The number of amides is 2. The summed E-state index contributed by atoms with van der Waals surface area (Å²) in [5.41, 5.74) is 1.52. The van der Waals surface area contributed by atoms with Gasteiger partial charge in [0.05, 0.1) is 14.2 Å². The van der Waals surface area contributed by atoms with E-state index >= 15 is 0 Å². The Balaban J connectivity index is 1.71. The molecule has 0 saturated carbocycles. The fourth-order valence-corrected chi connectivity index (χ4v) is 3.16. The lowest BCUT2D eigenvalue weighted by atomic mass is 10.1. The number of benzene rings is 2. The molecule has 1 N–H and O–H groups in total. The fraction of sp³-hybridized carbons (Fsp3) is 0.333. The van der Waals surface area contributed by atoms with E-state index in [1.54, 1.807) is 42.5 Å². The summed E-state index contributed by atoms with van der Waals surface area (Å²) in [6.07, 6.45) is 0. The maximum absolute atomic E-state index is 12.7. The zero-order valence-corrected chi connectivity index (χ0v) is 16.4. The molecule has 1 aliphatic rings. The number of nitrogens with one attached hydrogen (secondary N) is 1. The number of carbonyl (C=O) groups excluding carboxylic acids is 2. The second-order valence-electron chi connectivity index (χ2n) is 6.66. The van der Waals surface area contributed by atoms with E-state index in [1.807, 2.05) is 4.90 Å². The first kappa shape index (κ1) is 19.7. The summed E-state index contributed by atoms with van der Waals surface area (Å²) in [5, 5.41) is 2.83. The Bertz CT molecular complexity index is 821. The molecule has 0 radical (unpaired) electrons. The summed E-state index contributed by atoms with van der Waals surface area (Å²) < 4.78 is 10.6. The minimum atomic E-state index is -0.340. The lowest BCUT2D eigenvalue weighted by Gasteiger charge is -2.32. The predicted octanol–water partition coefficient (Wildman–Crippen LogP) is 2.34. The molecule has 28 heavy (non-hydrogen) atoms. The van der Waals surface area contributed by atoms with Crippen molar-refractivity contribution in [1.29, 1.82) is 0 Å². The van der Waals surface area contributed by atoms with Crippen molar-refractivity contribution >= 4 is 17.5 Å². The van der Waals surface area contributed by atoms with Gasteiger partial charge in [-0.2, -0.15) is 0 Å². The molecular weight excluding hydrogens is 358 g/mol. The van der Waals surface area contributed by atoms with E-state index in [0.29, 0.717) is 28.3 Å². The monoisotopic (exact) mass is 383 g/mol. The standard InChI is InChI=1S/C21H25N3O4/c1-23-11-13-24(14-12-23)21(26)15-7-9-16(10-8-15)22-20(25)19-17(27-2)5-4-6-18(19)28-3/h4-10H,11-14H2,1-3H3,(H,22,25). The van der Waals surface area contributed by atoms with Gasteiger partial charge in [0.2, 0.25) is 0 Å². The average molecular weight is 383 g/mol. The van der Waals surface area contributed by atoms with E-state index in [4.69, 9.17) is 9.47 Å². The Morgan fingerprint density at radius 3 is 2.00 bits per heavy atom. The molecule has 0 spiro atoms. The van der Waals surface area contributed by atoms with E-state index in [1.165, 1.54) is 14.2 Å². The van der Waals surface area contributed by atoms with Crippen molar-refractivity contribution in [3.63, 3.8) is 0 Å². The molecule has 2 aromatic carbocycles. The molecule has 7 heteroatoms. The number of ether oxygens (including phenoxy) is 2. The van der Waals surface area contributed by atoms with Crippen LogP contribution in [0.3, 0.4) is 0 Å². The summed E-state index contributed by atoms with van der Waals surface area (Å²) in [6, 6.07) is 12.1. The topological polar surface area (TPSA) is 71.1 Å². The van der Waals surface area contributed by atoms with Crippen LogP contribution in [0.1, 0.15) is 20.7 Å². The molecule has 1 saturated heterocycles. The van der Waals surface area contributed by atoms with Gasteiger partial charge in [0.15, 0.2) is 0 Å². The third-order valence-corrected chi connectivity index (χ3v) is 4.84. The van der Waals surface area contributed by atoms with Crippen LogP contribution in [0.15, 0.2) is 42.5 Å². The molecule has 1 aliphatic heterocycles. The molecular formula is C21H25N3O4. The van der Waals surface area contributed by atoms with Crippen molar-refractivity contribution in [2.24, 2.45) is 0 Å². The Morgan fingerprint density at radius 1 is 0.893 bits per heavy atom. The molecule has 0 atom stereocenters. The van der Waals surface area contributed by atoms with Crippen molar-refractivity contribution in [1.82, 2.24) is 9.80 Å². The van der Waals surface area contributed by atoms with Gasteiger partial charge >= 0.3 is 0 Å². The molecule has 148 valence electrons. The number of carbonyl (C=O) groups is 2. The quantitative estimate of drug-likeness (QED) is 0.858. The molecule has 2 aromatic rings. The average Bonchev–Trinajstić information content (AvgIpc) is 2.73. The van der Waals surface area contributed by atoms with Gasteiger partial charge in [0.25, 0.3) is 11.8 Å². The molecule has 2 amide bonds. The molecule has 3 rings (SSSR count). The first-order valence-corrected chi connectivity index (χ1v) is 9.13. The highest BCUT2D eigenvalue weighted by atomic mass is 16.5. The lowest BCUT2D eigenvalue weighted by Crippen LogP contribution is -2.47. The van der Waals surface area contributed by atoms with Gasteiger partial charge in [-0.25, -0.2) is 0 Å². The van der Waals surface area contributed by atoms with Crippen LogP contribution in [-0.2, 0) is 0 Å². The number of hydrogen-bond acceptors (Lipinski definition) is 5. The van der Waals surface area contributed by atoms with Crippen LogP contribution in [-0.4, -0.2) is 69.1 Å². The molecule has 0 aromatic heterocycles. The smallest absolute Gasteiger partial charge is 0.263 e. The highest BCUT2D eigenvalue weighted by Crippen LogP contribution is 2.29. The van der Waals surface area contributed by atoms with Gasteiger partial charge in [0.1, 0.15) is 17.1 Å². The van der Waals surface area contributed by atoms with Gasteiger partial charge in [0, 0.05) is 37.4 Å².